The van der Waals surface area contributed by atoms with Crippen molar-refractivity contribution in [3.05, 3.63) is 149 Å². The molecule has 0 aliphatic heterocycles. The minimum absolute atomic E-state index is 0.0708. The molecule has 5 unspecified atom stereocenters. The molecule has 5 atom stereocenters. The molecule has 3 fully saturated rings. The number of carbonyl (C=O) groups is 1. The van der Waals surface area contributed by atoms with Crippen LogP contribution in [0, 0.1) is 29.6 Å². The predicted molar refractivity (Wildman–Crippen MR) is 409 cm³/mol. The molecular formula is C87H137NO11. The second kappa shape index (κ2) is 53.2. The zero-order valence-electron chi connectivity index (χ0n) is 63.2. The number of hydrogen-bond donors (Lipinski definition) is 6. The lowest BCUT2D eigenvalue weighted by Crippen LogP contribution is -2.22. The summed E-state index contributed by atoms with van der Waals surface area (Å²) in [6.07, 6.45) is 34.1. The van der Waals surface area contributed by atoms with Gasteiger partial charge in [-0.2, -0.15) is 0 Å². The number of benzene rings is 5. The fourth-order valence-electron chi connectivity index (χ4n) is 13.3. The number of hydrogen-bond acceptors (Lipinski definition) is 11. The van der Waals surface area contributed by atoms with Crippen molar-refractivity contribution < 1.29 is 54.0 Å². The van der Waals surface area contributed by atoms with E-state index < -0.39 is 6.10 Å². The minimum Gasteiger partial charge on any atom is -0.493 e. The van der Waals surface area contributed by atoms with E-state index in [1.165, 1.54) is 135 Å². The van der Waals surface area contributed by atoms with E-state index >= 15 is 0 Å². The fourth-order valence-corrected chi connectivity index (χ4v) is 13.3. The summed E-state index contributed by atoms with van der Waals surface area (Å²) < 4.78 is 29.5. The first kappa shape index (κ1) is 85.8. The number of nitrogens with one attached hydrogen (secondary N) is 1. The Hall–Kier alpha value is -5.63. The Morgan fingerprint density at radius 1 is 0.354 bits per heavy atom. The Morgan fingerprint density at radius 3 is 0.889 bits per heavy atom. The van der Waals surface area contributed by atoms with Crippen LogP contribution >= 0.6 is 0 Å². The van der Waals surface area contributed by atoms with Gasteiger partial charge >= 0.3 is 0 Å². The molecule has 6 N–H and O–H groups in total. The van der Waals surface area contributed by atoms with E-state index in [1.54, 1.807) is 0 Å². The van der Waals surface area contributed by atoms with E-state index in [0.29, 0.717) is 30.7 Å². The summed E-state index contributed by atoms with van der Waals surface area (Å²) in [5.41, 5.74) is 4.71. The Morgan fingerprint density at radius 2 is 0.606 bits per heavy atom. The molecule has 12 heteroatoms. The van der Waals surface area contributed by atoms with Gasteiger partial charge in [-0.3, -0.25) is 4.79 Å². The summed E-state index contributed by atoms with van der Waals surface area (Å²) >= 11 is 0. The summed E-state index contributed by atoms with van der Waals surface area (Å²) in [5, 5.41) is 52.9. The first-order chi connectivity index (χ1) is 48.1. The fraction of sp³-hybridized carbons (Fsp3) is 0.644. The van der Waals surface area contributed by atoms with E-state index in [0.717, 1.165) is 166 Å². The van der Waals surface area contributed by atoms with Crippen LogP contribution in [0.5, 0.6) is 28.7 Å². The number of rotatable bonds is 37. The third-order valence-electron chi connectivity index (χ3n) is 19.7. The van der Waals surface area contributed by atoms with Crippen molar-refractivity contribution in [2.75, 3.05) is 39.6 Å². The predicted octanol–water partition coefficient (Wildman–Crippen LogP) is 22.0. The van der Waals surface area contributed by atoms with Crippen LogP contribution in [-0.2, 0) is 4.79 Å². The Labute approximate surface area is 601 Å². The zero-order chi connectivity index (χ0) is 71.7. The maximum Gasteiger partial charge on any atom is 0.216 e. The van der Waals surface area contributed by atoms with Crippen molar-refractivity contribution in [1.82, 2.24) is 5.32 Å². The molecular weight excluding hydrogens is 1230 g/mol. The van der Waals surface area contributed by atoms with E-state index in [9.17, 15) is 30.3 Å². The van der Waals surface area contributed by atoms with Gasteiger partial charge < -0.3 is 54.5 Å². The Bertz CT molecular complexity index is 2720. The van der Waals surface area contributed by atoms with Gasteiger partial charge in [-0.05, 0) is 202 Å². The summed E-state index contributed by atoms with van der Waals surface area (Å²) in [4.78, 5) is 10.9. The average Bonchev–Trinajstić information content (AvgIpc) is 1.61. The highest BCUT2D eigenvalue weighted by atomic mass is 16.5. The lowest BCUT2D eigenvalue weighted by molar-refractivity contribution is -0.119. The van der Waals surface area contributed by atoms with Crippen molar-refractivity contribution in [1.29, 1.82) is 0 Å². The maximum absolute atomic E-state index is 10.9. The molecule has 5 aromatic carbocycles. The summed E-state index contributed by atoms with van der Waals surface area (Å²) in [6.45, 7) is 23.1. The van der Waals surface area contributed by atoms with E-state index in [1.807, 2.05) is 121 Å². The second-order valence-electron chi connectivity index (χ2n) is 28.4. The van der Waals surface area contributed by atoms with Gasteiger partial charge in [-0.1, -0.05) is 232 Å². The monoisotopic (exact) mass is 1370 g/mol. The largest absolute Gasteiger partial charge is 0.493 e. The highest BCUT2D eigenvalue weighted by Gasteiger charge is 2.19. The SMILES string of the molecule is CC(=O)NCCC(O)c1cccc(OCC2CCCCCCC2)c1.CCCC(CCC)COc1cccc(C(O)CCC)c1.CCCC(O)c1cccc(OCC(CC)CC)c1.CCCC(O)c1cccc(OCC2CCCC2)c1.CCCC(O)c1cccc(OCC2CCCCC2)c1. The van der Waals surface area contributed by atoms with Gasteiger partial charge in [-0.25, -0.2) is 0 Å². The highest BCUT2D eigenvalue weighted by Crippen LogP contribution is 2.32. The molecule has 0 radical (unpaired) electrons. The zero-order valence-corrected chi connectivity index (χ0v) is 63.2. The van der Waals surface area contributed by atoms with Crippen LogP contribution in [0.15, 0.2) is 121 Å². The van der Waals surface area contributed by atoms with Gasteiger partial charge in [0.25, 0.3) is 0 Å². The molecule has 0 spiro atoms. The number of amides is 1. The first-order valence-electron chi connectivity index (χ1n) is 39.4. The standard InChI is InChI=1S/C20H31NO3.C18H30O2.C17H26O2.C16H24O2.C16H26O2/c1-16(22)21-13-12-20(23)18-10-7-11-19(14-18)24-15-17-8-5-3-2-4-6-9-17;1-4-8-15(9-5-2)14-20-17-12-7-11-16(13-17)18(19)10-6-3;1-2-7-17(18)15-10-6-11-16(12-15)19-13-14-8-4-3-5-9-14;1-2-6-16(17)14-9-5-10-15(11-14)18-12-13-7-3-4-8-13;1-4-8-16(17)14-9-7-10-15(11-14)18-12-13(5-2)6-3/h7,10-11,14,17,20,23H,2-6,8-9,12-13,15H2,1H3,(H,21,22);7,11-13,15,18-19H,4-6,8-10,14H2,1-3H3;6,10-12,14,17-18H,2-5,7-9,13H2,1H3;5,9-11,13,16-17H,2-4,6-8,12H2,1H3;7,9-11,13,16-17H,4-6,8,12H2,1-3H3. The van der Waals surface area contributed by atoms with Gasteiger partial charge in [0.15, 0.2) is 0 Å². The minimum atomic E-state index is -0.582. The molecule has 8 rings (SSSR count). The number of ether oxygens (including phenoxy) is 5. The molecule has 1 amide bonds. The molecule has 5 aromatic rings. The van der Waals surface area contributed by atoms with Crippen LogP contribution in [0.1, 0.15) is 320 Å². The molecule has 0 heterocycles. The van der Waals surface area contributed by atoms with E-state index in [2.05, 4.69) is 60.7 Å². The van der Waals surface area contributed by atoms with Gasteiger partial charge in [0.05, 0.1) is 63.6 Å². The van der Waals surface area contributed by atoms with Crippen molar-refractivity contribution in [3.8, 4) is 28.7 Å². The molecule has 0 bridgehead atoms. The van der Waals surface area contributed by atoms with Crippen molar-refractivity contribution >= 4 is 5.91 Å². The third kappa shape index (κ3) is 37.2. The van der Waals surface area contributed by atoms with Crippen molar-refractivity contribution in [2.24, 2.45) is 29.6 Å². The average molecular weight is 1370 g/mol. The lowest BCUT2D eigenvalue weighted by Gasteiger charge is -2.22. The first-order valence-corrected chi connectivity index (χ1v) is 39.4. The Balaban J connectivity index is 0.000000264. The van der Waals surface area contributed by atoms with E-state index in [-0.39, 0.29) is 30.3 Å². The quantitative estimate of drug-likeness (QED) is 0.0223. The number of aliphatic hydroxyl groups excluding tert-OH is 5. The normalized spacial score (nSPS) is 15.9. The van der Waals surface area contributed by atoms with Crippen LogP contribution in [0.4, 0.5) is 0 Å². The molecule has 556 valence electrons. The van der Waals surface area contributed by atoms with Crippen LogP contribution in [0.25, 0.3) is 0 Å². The van der Waals surface area contributed by atoms with Crippen LogP contribution in [-0.4, -0.2) is 71.0 Å². The summed E-state index contributed by atoms with van der Waals surface area (Å²) in [7, 11) is 0. The van der Waals surface area contributed by atoms with Gasteiger partial charge in [-0.15, -0.1) is 0 Å². The summed E-state index contributed by atoms with van der Waals surface area (Å²) in [6, 6.07) is 39.3. The van der Waals surface area contributed by atoms with Gasteiger partial charge in [0.2, 0.25) is 5.91 Å². The number of carbonyl (C=O) groups excluding carboxylic acids is 1. The number of aliphatic hydroxyl groups is 5. The van der Waals surface area contributed by atoms with Crippen LogP contribution < -0.4 is 29.0 Å². The van der Waals surface area contributed by atoms with Crippen molar-refractivity contribution in [3.63, 3.8) is 0 Å². The van der Waals surface area contributed by atoms with Crippen LogP contribution in [0.3, 0.4) is 0 Å². The highest BCUT2D eigenvalue weighted by molar-refractivity contribution is 5.72. The lowest BCUT2D eigenvalue weighted by atomic mass is 9.90. The topological polar surface area (TPSA) is 176 Å². The smallest absolute Gasteiger partial charge is 0.216 e. The Kier molecular flexibility index (Phi) is 46.1. The molecule has 12 nitrogen and oxygen atoms in total. The van der Waals surface area contributed by atoms with Gasteiger partial charge in [0, 0.05) is 13.5 Å². The second-order valence-corrected chi connectivity index (χ2v) is 28.4. The van der Waals surface area contributed by atoms with Crippen molar-refractivity contribution in [2.45, 2.75) is 292 Å². The molecule has 99 heavy (non-hydrogen) atoms. The molecule has 0 saturated heterocycles. The summed E-state index contributed by atoms with van der Waals surface area (Å²) in [5.74, 6) is 7.68. The van der Waals surface area contributed by atoms with Crippen LogP contribution in [0.2, 0.25) is 0 Å². The van der Waals surface area contributed by atoms with Gasteiger partial charge in [0.1, 0.15) is 28.7 Å². The molecule has 3 saturated carbocycles. The molecule has 3 aliphatic carbocycles. The van der Waals surface area contributed by atoms with E-state index in [4.69, 9.17) is 23.7 Å². The maximum atomic E-state index is 10.9. The molecule has 0 aromatic heterocycles. The third-order valence-corrected chi connectivity index (χ3v) is 19.7. The molecule has 3 aliphatic rings.